The SMILES string of the molecule is CCc1ccc(C(=O)NC2CCN(CC(O)COC)CC2)o1. The van der Waals surface area contributed by atoms with Crippen LogP contribution >= 0.6 is 0 Å². The lowest BCUT2D eigenvalue weighted by Gasteiger charge is -2.33. The summed E-state index contributed by atoms with van der Waals surface area (Å²) >= 11 is 0. The van der Waals surface area contributed by atoms with E-state index in [1.807, 2.05) is 13.0 Å². The van der Waals surface area contributed by atoms with Crippen LogP contribution in [0.1, 0.15) is 36.1 Å². The first kappa shape index (κ1) is 17.0. The van der Waals surface area contributed by atoms with Crippen LogP contribution in [-0.4, -0.2) is 61.4 Å². The van der Waals surface area contributed by atoms with E-state index in [2.05, 4.69) is 10.2 Å². The van der Waals surface area contributed by atoms with Gasteiger partial charge in [0.1, 0.15) is 5.76 Å². The molecule has 6 heteroatoms. The fourth-order valence-corrected chi connectivity index (χ4v) is 2.75. The maximum absolute atomic E-state index is 12.1. The van der Waals surface area contributed by atoms with Crippen molar-refractivity contribution in [1.29, 1.82) is 0 Å². The maximum atomic E-state index is 12.1. The second-order valence-corrected chi connectivity index (χ2v) is 5.78. The highest BCUT2D eigenvalue weighted by molar-refractivity contribution is 5.91. The van der Waals surface area contributed by atoms with Crippen LogP contribution in [-0.2, 0) is 11.2 Å². The van der Waals surface area contributed by atoms with Gasteiger partial charge >= 0.3 is 0 Å². The third-order valence-corrected chi connectivity index (χ3v) is 3.98. The molecule has 1 aromatic heterocycles. The van der Waals surface area contributed by atoms with Gasteiger partial charge in [-0.05, 0) is 25.0 Å². The van der Waals surface area contributed by atoms with Crippen LogP contribution in [0, 0.1) is 0 Å². The number of methoxy groups -OCH3 is 1. The van der Waals surface area contributed by atoms with Crippen LogP contribution < -0.4 is 5.32 Å². The Balaban J connectivity index is 1.74. The fraction of sp³-hybridized carbons (Fsp3) is 0.688. The van der Waals surface area contributed by atoms with E-state index in [0.29, 0.717) is 18.9 Å². The molecule has 0 bridgehead atoms. The number of likely N-dealkylation sites (tertiary alicyclic amines) is 1. The summed E-state index contributed by atoms with van der Waals surface area (Å²) < 4.78 is 10.4. The molecule has 0 saturated carbocycles. The number of aliphatic hydroxyl groups is 1. The Morgan fingerprint density at radius 2 is 2.23 bits per heavy atom. The Labute approximate surface area is 131 Å². The highest BCUT2D eigenvalue weighted by Crippen LogP contribution is 2.13. The van der Waals surface area contributed by atoms with E-state index in [0.717, 1.165) is 38.1 Å². The van der Waals surface area contributed by atoms with E-state index >= 15 is 0 Å². The monoisotopic (exact) mass is 310 g/mol. The van der Waals surface area contributed by atoms with Gasteiger partial charge in [-0.3, -0.25) is 4.79 Å². The van der Waals surface area contributed by atoms with E-state index in [9.17, 15) is 9.90 Å². The standard InChI is InChI=1S/C16H26N2O4/c1-3-14-4-5-15(22-14)16(20)17-12-6-8-18(9-7-12)10-13(19)11-21-2/h4-5,12-13,19H,3,6-11H2,1-2H3,(H,17,20). The fourth-order valence-electron chi connectivity index (χ4n) is 2.75. The number of β-amino-alcohol motifs (C(OH)–C–C–N with tert-alkyl or cyclic N) is 1. The van der Waals surface area contributed by atoms with Crippen molar-refractivity contribution in [3.8, 4) is 0 Å². The normalized spacial score (nSPS) is 18.3. The molecule has 0 aliphatic carbocycles. The molecular formula is C16H26N2O4. The van der Waals surface area contributed by atoms with Crippen molar-refractivity contribution < 1.29 is 19.1 Å². The Hall–Kier alpha value is -1.37. The lowest BCUT2D eigenvalue weighted by Crippen LogP contribution is -2.46. The summed E-state index contributed by atoms with van der Waals surface area (Å²) in [4.78, 5) is 14.3. The van der Waals surface area contributed by atoms with Crippen molar-refractivity contribution in [2.45, 2.75) is 38.3 Å². The molecule has 0 spiro atoms. The quantitative estimate of drug-likeness (QED) is 0.787. The molecule has 1 atom stereocenters. The smallest absolute Gasteiger partial charge is 0.287 e. The van der Waals surface area contributed by atoms with Crippen LogP contribution in [0.4, 0.5) is 0 Å². The molecule has 22 heavy (non-hydrogen) atoms. The molecular weight excluding hydrogens is 284 g/mol. The molecule has 1 amide bonds. The van der Waals surface area contributed by atoms with Gasteiger partial charge in [0.05, 0.1) is 12.7 Å². The van der Waals surface area contributed by atoms with Crippen LogP contribution in [0.25, 0.3) is 0 Å². The Morgan fingerprint density at radius 1 is 1.50 bits per heavy atom. The number of aliphatic hydroxyl groups excluding tert-OH is 1. The number of amides is 1. The summed E-state index contributed by atoms with van der Waals surface area (Å²) in [6.45, 7) is 4.70. The molecule has 1 aliphatic heterocycles. The molecule has 1 aromatic rings. The number of piperidine rings is 1. The second kappa shape index (κ2) is 8.31. The first-order chi connectivity index (χ1) is 10.6. The lowest BCUT2D eigenvalue weighted by molar-refractivity contribution is 0.0309. The minimum absolute atomic E-state index is 0.141. The molecule has 2 heterocycles. The molecule has 1 unspecified atom stereocenters. The minimum Gasteiger partial charge on any atom is -0.456 e. The zero-order valence-electron chi connectivity index (χ0n) is 13.4. The number of rotatable bonds is 7. The van der Waals surface area contributed by atoms with E-state index in [1.165, 1.54) is 0 Å². The first-order valence-corrected chi connectivity index (χ1v) is 7.91. The Bertz CT molecular complexity index is 466. The number of carbonyl (C=O) groups is 1. The predicted molar refractivity (Wildman–Crippen MR) is 82.9 cm³/mol. The third kappa shape index (κ3) is 4.83. The second-order valence-electron chi connectivity index (χ2n) is 5.78. The number of nitrogens with zero attached hydrogens (tertiary/aromatic N) is 1. The summed E-state index contributed by atoms with van der Waals surface area (Å²) in [5.74, 6) is 1.07. The number of hydrogen-bond donors (Lipinski definition) is 2. The summed E-state index contributed by atoms with van der Waals surface area (Å²) in [5.41, 5.74) is 0. The van der Waals surface area contributed by atoms with Crippen molar-refractivity contribution in [1.82, 2.24) is 10.2 Å². The van der Waals surface area contributed by atoms with Crippen molar-refractivity contribution in [3.63, 3.8) is 0 Å². The average molecular weight is 310 g/mol. The van der Waals surface area contributed by atoms with E-state index in [-0.39, 0.29) is 11.9 Å². The molecule has 1 aliphatic rings. The van der Waals surface area contributed by atoms with Crippen molar-refractivity contribution in [2.24, 2.45) is 0 Å². The number of ether oxygens (including phenoxy) is 1. The summed E-state index contributed by atoms with van der Waals surface area (Å²) in [6.07, 6.45) is 2.10. The summed E-state index contributed by atoms with van der Waals surface area (Å²) in [5, 5.41) is 12.8. The van der Waals surface area contributed by atoms with Gasteiger partial charge in [0.15, 0.2) is 5.76 Å². The predicted octanol–water partition coefficient (Wildman–Crippen LogP) is 1.04. The number of carbonyl (C=O) groups excluding carboxylic acids is 1. The average Bonchev–Trinajstić information content (AvgIpc) is 2.98. The van der Waals surface area contributed by atoms with Crippen molar-refractivity contribution in [2.75, 3.05) is 33.4 Å². The van der Waals surface area contributed by atoms with E-state index < -0.39 is 6.10 Å². The number of hydrogen-bond acceptors (Lipinski definition) is 5. The van der Waals surface area contributed by atoms with Crippen LogP contribution in [0.15, 0.2) is 16.5 Å². The van der Waals surface area contributed by atoms with Crippen LogP contribution in [0.3, 0.4) is 0 Å². The summed E-state index contributed by atoms with van der Waals surface area (Å²) in [7, 11) is 1.59. The largest absolute Gasteiger partial charge is 0.456 e. The minimum atomic E-state index is -0.452. The highest BCUT2D eigenvalue weighted by Gasteiger charge is 2.23. The van der Waals surface area contributed by atoms with E-state index in [1.54, 1.807) is 13.2 Å². The third-order valence-electron chi connectivity index (χ3n) is 3.98. The Kier molecular flexibility index (Phi) is 6.42. The lowest BCUT2D eigenvalue weighted by atomic mass is 10.0. The molecule has 6 nitrogen and oxygen atoms in total. The number of nitrogens with one attached hydrogen (secondary N) is 1. The van der Waals surface area contributed by atoms with Crippen LogP contribution in [0.5, 0.6) is 0 Å². The molecule has 1 saturated heterocycles. The van der Waals surface area contributed by atoms with Gasteiger partial charge in [0.2, 0.25) is 0 Å². The van der Waals surface area contributed by atoms with Gasteiger partial charge in [-0.2, -0.15) is 0 Å². The molecule has 0 aromatic carbocycles. The van der Waals surface area contributed by atoms with Crippen molar-refractivity contribution >= 4 is 5.91 Å². The number of aryl methyl sites for hydroxylation is 1. The first-order valence-electron chi connectivity index (χ1n) is 7.91. The van der Waals surface area contributed by atoms with Gasteiger partial charge in [0, 0.05) is 39.2 Å². The van der Waals surface area contributed by atoms with E-state index in [4.69, 9.17) is 9.15 Å². The van der Waals surface area contributed by atoms with Gasteiger partial charge in [-0.15, -0.1) is 0 Å². The maximum Gasteiger partial charge on any atom is 0.287 e. The molecule has 2 N–H and O–H groups in total. The van der Waals surface area contributed by atoms with Gasteiger partial charge in [-0.25, -0.2) is 0 Å². The van der Waals surface area contributed by atoms with Gasteiger partial charge in [0.25, 0.3) is 5.91 Å². The molecule has 1 fully saturated rings. The topological polar surface area (TPSA) is 74.9 Å². The zero-order chi connectivity index (χ0) is 15.9. The number of furan rings is 1. The summed E-state index contributed by atoms with van der Waals surface area (Å²) in [6, 6.07) is 3.73. The Morgan fingerprint density at radius 3 is 2.82 bits per heavy atom. The molecule has 124 valence electrons. The molecule has 2 rings (SSSR count). The van der Waals surface area contributed by atoms with Crippen LogP contribution in [0.2, 0.25) is 0 Å². The van der Waals surface area contributed by atoms with Gasteiger partial charge in [-0.1, -0.05) is 6.92 Å². The molecule has 0 radical (unpaired) electrons. The zero-order valence-corrected chi connectivity index (χ0v) is 13.4. The highest BCUT2D eigenvalue weighted by atomic mass is 16.5. The van der Waals surface area contributed by atoms with Crippen molar-refractivity contribution in [3.05, 3.63) is 23.7 Å². The van der Waals surface area contributed by atoms with Gasteiger partial charge < -0.3 is 24.5 Å².